The molecule has 1 heterocycles. The molecule has 0 spiro atoms. The van der Waals surface area contributed by atoms with Crippen molar-refractivity contribution in [2.75, 3.05) is 16.4 Å². The number of rotatable bonds is 13. The SMILES string of the molecule is CC(=O)Nc1ccc(SC[C@@H]2O[C@H](c3cccc(-c4cccc(CNC(=O)Nc5ccc(Oc6ccccc6)cc5)c4)c3)O[C@H](c3ccc(CO)cc3)[C@@H]2C)cc1. The number of anilines is 2. The van der Waals surface area contributed by atoms with Crippen LogP contribution < -0.4 is 20.7 Å². The van der Waals surface area contributed by atoms with Crippen LogP contribution in [0.1, 0.15) is 48.5 Å². The number of carbonyl (C=O) groups excluding carboxylic acids is 2. The molecule has 0 bridgehead atoms. The van der Waals surface area contributed by atoms with Crippen molar-refractivity contribution in [3.05, 3.63) is 174 Å². The summed E-state index contributed by atoms with van der Waals surface area (Å²) in [5.41, 5.74) is 7.13. The van der Waals surface area contributed by atoms with Crippen LogP contribution in [0.4, 0.5) is 16.2 Å². The molecule has 4 N–H and O–H groups in total. The first-order valence-corrected chi connectivity index (χ1v) is 19.9. The molecule has 6 aromatic carbocycles. The molecule has 9 nitrogen and oxygen atoms in total. The van der Waals surface area contributed by atoms with Gasteiger partial charge in [0.1, 0.15) is 11.5 Å². The number of thioether (sulfide) groups is 1. The van der Waals surface area contributed by atoms with Gasteiger partial charge in [0, 0.05) is 47.0 Å². The largest absolute Gasteiger partial charge is 0.457 e. The van der Waals surface area contributed by atoms with Crippen LogP contribution in [-0.2, 0) is 27.4 Å². The van der Waals surface area contributed by atoms with E-state index in [1.165, 1.54) is 6.92 Å². The Morgan fingerprint density at radius 2 is 1.35 bits per heavy atom. The van der Waals surface area contributed by atoms with Gasteiger partial charge >= 0.3 is 6.03 Å². The van der Waals surface area contributed by atoms with Crippen LogP contribution >= 0.6 is 11.8 Å². The lowest BCUT2D eigenvalue weighted by atomic mass is 9.91. The van der Waals surface area contributed by atoms with Gasteiger partial charge < -0.3 is 35.3 Å². The zero-order valence-electron chi connectivity index (χ0n) is 31.8. The summed E-state index contributed by atoms with van der Waals surface area (Å²) in [4.78, 5) is 25.4. The molecular weight excluding hydrogens is 735 g/mol. The standard InChI is InChI=1S/C47H45N3O6S/c1-31-44(30-57-43-24-20-39(21-25-43)49-32(2)52)55-46(56-45(31)35-16-14-33(29-51)15-17-35)38-11-7-10-37(27-38)36-9-6-8-34(26-36)28-48-47(53)50-40-18-22-42(23-19-40)54-41-12-4-3-5-13-41/h3-27,31,44-46,51H,28-30H2,1-2H3,(H,49,52)(H2,48,50,53)/t31-,44+,45+,46+/m1/s1. The fraction of sp³-hybridized carbons (Fsp3) is 0.191. The maximum absolute atomic E-state index is 12.8. The van der Waals surface area contributed by atoms with E-state index in [9.17, 15) is 14.7 Å². The van der Waals surface area contributed by atoms with Gasteiger partial charge in [0.05, 0.1) is 18.8 Å². The molecule has 0 saturated carbocycles. The van der Waals surface area contributed by atoms with E-state index in [-0.39, 0.29) is 36.7 Å². The van der Waals surface area contributed by atoms with Gasteiger partial charge in [0.25, 0.3) is 0 Å². The van der Waals surface area contributed by atoms with E-state index in [1.807, 2.05) is 115 Å². The minimum Gasteiger partial charge on any atom is -0.457 e. The number of aliphatic hydroxyl groups excluding tert-OH is 1. The molecule has 10 heteroatoms. The predicted octanol–water partition coefficient (Wildman–Crippen LogP) is 10.5. The van der Waals surface area contributed by atoms with Crippen molar-refractivity contribution in [3.63, 3.8) is 0 Å². The number of para-hydroxylation sites is 1. The molecule has 6 aromatic rings. The highest BCUT2D eigenvalue weighted by Gasteiger charge is 2.38. The second-order valence-electron chi connectivity index (χ2n) is 13.9. The van der Waals surface area contributed by atoms with Gasteiger partial charge in [-0.05, 0) is 101 Å². The zero-order valence-corrected chi connectivity index (χ0v) is 32.6. The minimum atomic E-state index is -0.621. The Balaban J connectivity index is 1.02. The number of ether oxygens (including phenoxy) is 3. The lowest BCUT2D eigenvalue weighted by Crippen LogP contribution is -2.38. The minimum absolute atomic E-state index is 0.0230. The Bertz CT molecular complexity index is 2250. The molecule has 1 aliphatic rings. The van der Waals surface area contributed by atoms with Gasteiger partial charge in [-0.2, -0.15) is 0 Å². The molecule has 290 valence electrons. The zero-order chi connectivity index (χ0) is 39.6. The summed E-state index contributed by atoms with van der Waals surface area (Å²) in [6.07, 6.45) is -1.01. The average molecular weight is 780 g/mol. The van der Waals surface area contributed by atoms with E-state index < -0.39 is 6.29 Å². The lowest BCUT2D eigenvalue weighted by molar-refractivity contribution is -0.268. The number of nitrogens with one attached hydrogen (secondary N) is 3. The summed E-state index contributed by atoms with van der Waals surface area (Å²) < 4.78 is 19.3. The van der Waals surface area contributed by atoms with Crippen molar-refractivity contribution < 1.29 is 28.9 Å². The number of hydrogen-bond acceptors (Lipinski definition) is 7. The molecule has 3 amide bonds. The highest BCUT2D eigenvalue weighted by Crippen LogP contribution is 2.43. The number of amides is 3. The van der Waals surface area contributed by atoms with Crippen LogP contribution in [0.2, 0.25) is 0 Å². The topological polar surface area (TPSA) is 118 Å². The molecule has 7 rings (SSSR count). The van der Waals surface area contributed by atoms with Crippen LogP contribution in [0.5, 0.6) is 11.5 Å². The third-order valence-electron chi connectivity index (χ3n) is 9.68. The quantitative estimate of drug-likeness (QED) is 0.0862. The van der Waals surface area contributed by atoms with Crippen molar-refractivity contribution in [1.82, 2.24) is 5.32 Å². The van der Waals surface area contributed by atoms with Crippen LogP contribution in [0, 0.1) is 5.92 Å². The van der Waals surface area contributed by atoms with Gasteiger partial charge in [0.2, 0.25) is 5.91 Å². The fourth-order valence-corrected chi connectivity index (χ4v) is 7.71. The summed E-state index contributed by atoms with van der Waals surface area (Å²) in [6.45, 7) is 3.97. The molecule has 0 radical (unpaired) electrons. The van der Waals surface area contributed by atoms with E-state index in [0.29, 0.717) is 23.7 Å². The van der Waals surface area contributed by atoms with Gasteiger partial charge in [-0.25, -0.2) is 4.79 Å². The van der Waals surface area contributed by atoms with Gasteiger partial charge in [-0.3, -0.25) is 4.79 Å². The fourth-order valence-electron chi connectivity index (χ4n) is 6.64. The second-order valence-corrected chi connectivity index (χ2v) is 15.0. The number of benzene rings is 6. The third kappa shape index (κ3) is 10.7. The third-order valence-corrected chi connectivity index (χ3v) is 10.8. The molecule has 1 aliphatic heterocycles. The average Bonchev–Trinajstić information content (AvgIpc) is 3.24. The first-order chi connectivity index (χ1) is 27.8. The smallest absolute Gasteiger partial charge is 0.319 e. The Kier molecular flexibility index (Phi) is 13.0. The van der Waals surface area contributed by atoms with E-state index in [2.05, 4.69) is 47.1 Å². The van der Waals surface area contributed by atoms with Gasteiger partial charge in [0.15, 0.2) is 6.29 Å². The summed E-state index contributed by atoms with van der Waals surface area (Å²) in [5, 5.41) is 18.3. The number of aliphatic hydroxyl groups is 1. The molecule has 4 atom stereocenters. The van der Waals surface area contributed by atoms with Crippen LogP contribution in [-0.4, -0.2) is 28.9 Å². The Hall–Kier alpha value is -5.91. The first-order valence-electron chi connectivity index (χ1n) is 18.9. The molecule has 0 aliphatic carbocycles. The van der Waals surface area contributed by atoms with Crippen molar-refractivity contribution in [2.24, 2.45) is 5.92 Å². The van der Waals surface area contributed by atoms with Crippen molar-refractivity contribution in [2.45, 2.75) is 50.4 Å². The lowest BCUT2D eigenvalue weighted by Gasteiger charge is -2.41. The molecule has 1 fully saturated rings. The predicted molar refractivity (Wildman–Crippen MR) is 225 cm³/mol. The Labute approximate surface area is 337 Å². The van der Waals surface area contributed by atoms with E-state index in [4.69, 9.17) is 14.2 Å². The van der Waals surface area contributed by atoms with Crippen molar-refractivity contribution >= 4 is 35.1 Å². The molecule has 0 aromatic heterocycles. The second kappa shape index (κ2) is 18.8. The highest BCUT2D eigenvalue weighted by atomic mass is 32.2. The first kappa shape index (κ1) is 39.3. The van der Waals surface area contributed by atoms with Crippen molar-refractivity contribution in [3.8, 4) is 22.6 Å². The number of carbonyl (C=O) groups is 2. The number of hydrogen-bond donors (Lipinski definition) is 4. The van der Waals surface area contributed by atoms with Crippen molar-refractivity contribution in [1.29, 1.82) is 0 Å². The van der Waals surface area contributed by atoms with Crippen LogP contribution in [0.15, 0.2) is 157 Å². The maximum Gasteiger partial charge on any atom is 0.319 e. The Morgan fingerprint density at radius 3 is 2.07 bits per heavy atom. The summed E-state index contributed by atoms with van der Waals surface area (Å²) in [7, 11) is 0. The normalized spacial score (nSPS) is 17.7. The van der Waals surface area contributed by atoms with E-state index in [1.54, 1.807) is 23.9 Å². The summed E-state index contributed by atoms with van der Waals surface area (Å²) >= 11 is 1.70. The van der Waals surface area contributed by atoms with E-state index >= 15 is 0 Å². The maximum atomic E-state index is 12.8. The van der Waals surface area contributed by atoms with E-state index in [0.717, 1.165) is 49.7 Å². The molecule has 57 heavy (non-hydrogen) atoms. The van der Waals surface area contributed by atoms with Crippen LogP contribution in [0.3, 0.4) is 0 Å². The number of urea groups is 1. The summed E-state index contributed by atoms with van der Waals surface area (Å²) in [5.74, 6) is 2.05. The monoisotopic (exact) mass is 779 g/mol. The summed E-state index contributed by atoms with van der Waals surface area (Å²) in [6, 6.07) is 48.5. The van der Waals surface area contributed by atoms with Crippen LogP contribution in [0.25, 0.3) is 11.1 Å². The van der Waals surface area contributed by atoms with Gasteiger partial charge in [-0.1, -0.05) is 85.8 Å². The Morgan fingerprint density at radius 1 is 0.684 bits per heavy atom. The molecule has 0 unspecified atom stereocenters. The molecular formula is C47H45N3O6S. The molecule has 1 saturated heterocycles. The van der Waals surface area contributed by atoms with Gasteiger partial charge in [-0.15, -0.1) is 11.8 Å². The highest BCUT2D eigenvalue weighted by molar-refractivity contribution is 7.99.